The summed E-state index contributed by atoms with van der Waals surface area (Å²) >= 11 is 13.0. The predicted octanol–water partition coefficient (Wildman–Crippen LogP) is 12.7. The van der Waals surface area contributed by atoms with Gasteiger partial charge in [-0.2, -0.15) is 13.2 Å². The number of hydrogen-bond donors (Lipinski definition) is 0. The Morgan fingerprint density at radius 1 is 0.500 bits per heavy atom. The molecular formula is C54H44Br2F3NO12S4. The molecule has 1 amide bonds. The van der Waals surface area contributed by atoms with Crippen molar-refractivity contribution < 1.29 is 70.3 Å². The van der Waals surface area contributed by atoms with Crippen molar-refractivity contribution >= 4 is 94.7 Å². The Morgan fingerprint density at radius 3 is 1.13 bits per heavy atom. The first-order chi connectivity index (χ1) is 36.4. The highest BCUT2D eigenvalue weighted by atomic mass is 79.9. The van der Waals surface area contributed by atoms with Gasteiger partial charge in [0.2, 0.25) is 11.6 Å². The quantitative estimate of drug-likeness (QED) is 0.116. The molecule has 0 saturated carbocycles. The number of halogens is 5. The number of ether oxygens (including phenoxy) is 8. The van der Waals surface area contributed by atoms with Gasteiger partial charge in [0, 0.05) is 46.0 Å². The number of fused-ring (bicyclic) bond motifs is 12. The summed E-state index contributed by atoms with van der Waals surface area (Å²) in [5.41, 5.74) is 5.71. The zero-order valence-corrected chi connectivity index (χ0v) is 47.2. The van der Waals surface area contributed by atoms with Crippen LogP contribution in [0.25, 0.3) is 19.5 Å². The second-order valence-electron chi connectivity index (χ2n) is 18.0. The molecule has 4 spiro atoms. The largest absolute Gasteiger partial charge is 0.416 e. The number of alkyl halides is 3. The fourth-order valence-electron chi connectivity index (χ4n) is 9.88. The molecule has 0 radical (unpaired) electrons. The maximum Gasteiger partial charge on any atom is 0.416 e. The van der Waals surface area contributed by atoms with Gasteiger partial charge in [-0.25, -0.2) is 5.06 Å². The predicted molar refractivity (Wildman–Crippen MR) is 285 cm³/mol. The molecule has 0 atom stereocenters. The van der Waals surface area contributed by atoms with Crippen LogP contribution in [-0.2, 0) is 72.1 Å². The lowest BCUT2D eigenvalue weighted by molar-refractivity contribution is -0.365. The minimum Gasteiger partial charge on any atom is -0.339 e. The van der Waals surface area contributed by atoms with Crippen LogP contribution in [0, 0.1) is 13.8 Å². The molecule has 13 nitrogen and oxygen atoms in total. The normalized spacial score (nSPS) is 18.6. The number of ketones is 2. The van der Waals surface area contributed by atoms with Gasteiger partial charge < -0.3 is 37.9 Å². The van der Waals surface area contributed by atoms with Crippen molar-refractivity contribution in [2.45, 2.75) is 43.2 Å². The smallest absolute Gasteiger partial charge is 0.339 e. The van der Waals surface area contributed by atoms with Gasteiger partial charge in [0.25, 0.3) is 29.1 Å². The van der Waals surface area contributed by atoms with Gasteiger partial charge in [0.15, 0.2) is 0 Å². The molecule has 4 saturated heterocycles. The SMILES string of the molecule is Brc1cc2c(s1)-c1sc(Br)cc1C1(OCCO1)C21OCCO1.CON(C)C(=O)c1ccc(C)cc1.Cc1ccc(C(=O)c2cc3c(s2)-c2sc(C(=O)c4ccc(C(F)(F)F)cc4)cc2C2(OCCO2)C32OCCO2)cc1. The Labute approximate surface area is 466 Å². The summed E-state index contributed by atoms with van der Waals surface area (Å²) in [6.07, 6.45) is -4.51. The third-order valence-electron chi connectivity index (χ3n) is 13.4. The van der Waals surface area contributed by atoms with E-state index in [1.165, 1.54) is 47.0 Å². The Morgan fingerprint density at radius 2 is 0.803 bits per heavy atom. The number of benzene rings is 3. The Bertz CT molecular complexity index is 3280. The van der Waals surface area contributed by atoms with Gasteiger partial charge in [0.05, 0.1) is 102 Å². The van der Waals surface area contributed by atoms with Crippen molar-refractivity contribution in [3.8, 4) is 19.5 Å². The monoisotopic (exact) mass is 1240 g/mol. The molecule has 2 aliphatic carbocycles. The number of carbonyl (C=O) groups excluding carboxylic acids is 3. The van der Waals surface area contributed by atoms with E-state index in [0.29, 0.717) is 63.3 Å². The fourth-order valence-corrected chi connectivity index (χ4v) is 15.8. The molecule has 8 heterocycles. The summed E-state index contributed by atoms with van der Waals surface area (Å²) in [4.78, 5) is 47.7. The number of nitrogens with zero attached hydrogens (tertiary/aromatic N) is 1. The summed E-state index contributed by atoms with van der Waals surface area (Å²) in [6, 6.07) is 26.3. The van der Waals surface area contributed by atoms with Crippen LogP contribution in [0.3, 0.4) is 0 Å². The van der Waals surface area contributed by atoms with Gasteiger partial charge in [0.1, 0.15) is 0 Å². The maximum atomic E-state index is 13.5. The first-order valence-corrected chi connectivity index (χ1v) is 28.5. The molecule has 3 aromatic carbocycles. The molecule has 0 N–H and O–H groups in total. The van der Waals surface area contributed by atoms with Gasteiger partial charge in [-0.1, -0.05) is 59.7 Å². The number of hydrogen-bond acceptors (Lipinski definition) is 16. The van der Waals surface area contributed by atoms with Gasteiger partial charge >= 0.3 is 6.18 Å². The number of aryl methyl sites for hydroxylation is 2. The van der Waals surface area contributed by atoms with E-state index in [9.17, 15) is 27.6 Å². The lowest BCUT2D eigenvalue weighted by atomic mass is 9.84. The average Bonchev–Trinajstić information content (AvgIpc) is 4.45. The van der Waals surface area contributed by atoms with E-state index in [1.807, 2.05) is 38.1 Å². The Kier molecular flexibility index (Phi) is 14.6. The van der Waals surface area contributed by atoms with Gasteiger partial charge in [-0.15, -0.1) is 45.3 Å². The van der Waals surface area contributed by atoms with Crippen LogP contribution in [0.4, 0.5) is 13.2 Å². The second-order valence-corrected chi connectivity index (χ2v) is 25.0. The average molecular weight is 1240 g/mol. The van der Waals surface area contributed by atoms with Gasteiger partial charge in [-0.3, -0.25) is 19.2 Å². The lowest BCUT2D eigenvalue weighted by Crippen LogP contribution is -2.53. The molecular weight excluding hydrogens is 1200 g/mol. The molecule has 4 aliphatic heterocycles. The molecule has 0 unspecified atom stereocenters. The van der Waals surface area contributed by atoms with Crippen molar-refractivity contribution in [3.63, 3.8) is 0 Å². The highest BCUT2D eigenvalue weighted by Crippen LogP contribution is 2.65. The molecule has 13 rings (SSSR count). The summed E-state index contributed by atoms with van der Waals surface area (Å²) in [7, 11) is 3.05. The van der Waals surface area contributed by atoms with Crippen molar-refractivity contribution in [1.82, 2.24) is 5.06 Å². The van der Waals surface area contributed by atoms with Crippen LogP contribution in [0.2, 0.25) is 0 Å². The third kappa shape index (κ3) is 8.94. The molecule has 7 aromatic rings. The van der Waals surface area contributed by atoms with Crippen LogP contribution in [-0.4, -0.2) is 89.5 Å². The van der Waals surface area contributed by atoms with Crippen LogP contribution < -0.4 is 0 Å². The van der Waals surface area contributed by atoms with Crippen LogP contribution >= 0.6 is 77.2 Å². The molecule has 396 valence electrons. The van der Waals surface area contributed by atoms with E-state index >= 15 is 0 Å². The summed E-state index contributed by atoms with van der Waals surface area (Å²) < 4.78 is 90.8. The zero-order valence-electron chi connectivity index (χ0n) is 40.8. The zero-order chi connectivity index (χ0) is 53.4. The molecule has 4 fully saturated rings. The van der Waals surface area contributed by atoms with Crippen molar-refractivity contribution in [1.29, 1.82) is 0 Å². The van der Waals surface area contributed by atoms with E-state index in [0.717, 1.165) is 51.7 Å². The molecule has 22 heteroatoms. The third-order valence-corrected chi connectivity index (χ3v) is 19.3. The number of rotatable bonds is 6. The fraction of sp³-hybridized carbons (Fsp3) is 0.315. The highest BCUT2D eigenvalue weighted by Gasteiger charge is 2.69. The minimum atomic E-state index is -4.51. The van der Waals surface area contributed by atoms with Gasteiger partial charge in [-0.05, 0) is 94.2 Å². The summed E-state index contributed by atoms with van der Waals surface area (Å²) in [5, 5.41) is 1.20. The van der Waals surface area contributed by atoms with E-state index in [2.05, 4.69) is 44.0 Å². The van der Waals surface area contributed by atoms with Crippen LogP contribution in [0.5, 0.6) is 0 Å². The topological polar surface area (TPSA) is 138 Å². The second kappa shape index (κ2) is 20.7. The van der Waals surface area contributed by atoms with Crippen LogP contribution in [0.15, 0.2) is 105 Å². The van der Waals surface area contributed by atoms with Crippen LogP contribution in [0.1, 0.15) is 79.8 Å². The highest BCUT2D eigenvalue weighted by molar-refractivity contribution is 9.11. The number of hydroxylamine groups is 2. The van der Waals surface area contributed by atoms with Crippen molar-refractivity contribution in [2.24, 2.45) is 0 Å². The first kappa shape index (κ1) is 53.7. The van der Waals surface area contributed by atoms with E-state index in [1.54, 1.807) is 66.1 Å². The lowest BCUT2D eigenvalue weighted by Gasteiger charge is -2.44. The molecule has 76 heavy (non-hydrogen) atoms. The number of amides is 1. The summed E-state index contributed by atoms with van der Waals surface area (Å²) in [5.74, 6) is -5.80. The summed E-state index contributed by atoms with van der Waals surface area (Å²) in [6.45, 7) is 7.08. The molecule has 0 bridgehead atoms. The van der Waals surface area contributed by atoms with Crippen molar-refractivity contribution in [3.05, 3.63) is 170 Å². The molecule has 6 aliphatic rings. The molecule has 4 aromatic heterocycles. The standard InChI is InChI=1S/C30H21F3O6S2.C14H10Br2O4S2.C10H13NO2/c1-16-2-4-17(5-3-16)24(34)22-14-20-26(40-22)27-21(29(38-12-13-39-29)28(20)36-10-11-37-28)15-23(41-27)25(35)18-6-8-19(9-7-18)30(31,32)33;15-9-5-7-11(21-9)12-8(6-10(16)22-12)14(19-3-4-20-14)13(7)17-1-2-18-13;1-8-4-6-9(7-5-8)10(12)11(2)13-3/h2-9,14-15H,10-13H2,1H3;5-6H,1-4H2;4-7H,1-3H3. The first-order valence-electron chi connectivity index (χ1n) is 23.7. The minimum absolute atomic E-state index is 0.114. The van der Waals surface area contributed by atoms with E-state index < -0.39 is 40.7 Å². The maximum absolute atomic E-state index is 13.5. The Balaban J connectivity index is 0.000000146. The number of carbonyl (C=O) groups is 3. The number of thiophene rings is 4. The van der Waals surface area contributed by atoms with E-state index in [4.69, 9.17) is 42.7 Å². The van der Waals surface area contributed by atoms with E-state index in [-0.39, 0.29) is 48.6 Å². The Hall–Kier alpha value is -4.34. The van der Waals surface area contributed by atoms with Crippen molar-refractivity contribution in [2.75, 3.05) is 67.0 Å².